The van der Waals surface area contributed by atoms with Crippen LogP contribution in [0.1, 0.15) is 37.8 Å². The SMILES string of the molecule is C[C@H](NCCCCC(=O)O)c1ccc(OC(F)(F)F)cc1. The highest BCUT2D eigenvalue weighted by atomic mass is 19.4. The van der Waals surface area contributed by atoms with E-state index in [-0.39, 0.29) is 18.2 Å². The lowest BCUT2D eigenvalue weighted by Gasteiger charge is -2.15. The van der Waals surface area contributed by atoms with Gasteiger partial charge < -0.3 is 15.2 Å². The lowest BCUT2D eigenvalue weighted by atomic mass is 10.1. The van der Waals surface area contributed by atoms with E-state index in [0.29, 0.717) is 13.0 Å². The van der Waals surface area contributed by atoms with Crippen LogP contribution >= 0.6 is 0 Å². The summed E-state index contributed by atoms with van der Waals surface area (Å²) in [5, 5.41) is 11.7. The third-order valence-electron chi connectivity index (χ3n) is 2.88. The zero-order chi connectivity index (χ0) is 15.9. The van der Waals surface area contributed by atoms with E-state index in [1.165, 1.54) is 12.1 Å². The molecule has 0 aliphatic carbocycles. The first-order chi connectivity index (χ1) is 9.78. The summed E-state index contributed by atoms with van der Waals surface area (Å²) in [6, 6.07) is 5.64. The molecule has 0 saturated carbocycles. The highest BCUT2D eigenvalue weighted by molar-refractivity contribution is 5.66. The largest absolute Gasteiger partial charge is 0.573 e. The van der Waals surface area contributed by atoms with Crippen molar-refractivity contribution in [3.8, 4) is 5.75 Å². The molecule has 0 unspecified atom stereocenters. The molecule has 0 spiro atoms. The topological polar surface area (TPSA) is 58.6 Å². The number of rotatable bonds is 8. The lowest BCUT2D eigenvalue weighted by Crippen LogP contribution is -2.20. The number of carboxylic acid groups (broad SMARTS) is 1. The van der Waals surface area contributed by atoms with Crippen molar-refractivity contribution in [2.24, 2.45) is 0 Å². The van der Waals surface area contributed by atoms with Gasteiger partial charge in [-0.3, -0.25) is 4.79 Å². The second-order valence-corrected chi connectivity index (χ2v) is 4.64. The second-order valence-electron chi connectivity index (χ2n) is 4.64. The monoisotopic (exact) mass is 305 g/mol. The van der Waals surface area contributed by atoms with Crippen LogP contribution in [0.3, 0.4) is 0 Å². The minimum Gasteiger partial charge on any atom is -0.481 e. The van der Waals surface area contributed by atoms with E-state index >= 15 is 0 Å². The minimum atomic E-state index is -4.68. The van der Waals surface area contributed by atoms with Gasteiger partial charge in [-0.25, -0.2) is 0 Å². The van der Waals surface area contributed by atoms with Crippen LogP contribution in [0.2, 0.25) is 0 Å². The van der Waals surface area contributed by atoms with Crippen molar-refractivity contribution in [3.05, 3.63) is 29.8 Å². The molecule has 4 nitrogen and oxygen atoms in total. The number of nitrogens with one attached hydrogen (secondary N) is 1. The first-order valence-corrected chi connectivity index (χ1v) is 6.59. The number of hydrogen-bond acceptors (Lipinski definition) is 3. The van der Waals surface area contributed by atoms with Gasteiger partial charge in [-0.15, -0.1) is 13.2 Å². The maximum Gasteiger partial charge on any atom is 0.573 e. The molecule has 0 aliphatic heterocycles. The van der Waals surface area contributed by atoms with E-state index in [9.17, 15) is 18.0 Å². The molecule has 118 valence electrons. The molecule has 0 amide bonds. The average molecular weight is 305 g/mol. The molecule has 0 bridgehead atoms. The summed E-state index contributed by atoms with van der Waals surface area (Å²) in [5.74, 6) is -1.07. The number of halogens is 3. The van der Waals surface area contributed by atoms with Gasteiger partial charge in [0.15, 0.2) is 0 Å². The highest BCUT2D eigenvalue weighted by Crippen LogP contribution is 2.24. The number of benzene rings is 1. The number of aliphatic carboxylic acids is 1. The van der Waals surface area contributed by atoms with Crippen molar-refractivity contribution in [1.82, 2.24) is 5.32 Å². The zero-order valence-electron chi connectivity index (χ0n) is 11.6. The Hall–Kier alpha value is -1.76. The summed E-state index contributed by atoms with van der Waals surface area (Å²) in [6.45, 7) is 2.53. The summed E-state index contributed by atoms with van der Waals surface area (Å²) < 4.78 is 39.9. The summed E-state index contributed by atoms with van der Waals surface area (Å²) in [7, 11) is 0. The number of unbranched alkanes of at least 4 members (excludes halogenated alkanes) is 1. The third-order valence-corrected chi connectivity index (χ3v) is 2.88. The van der Waals surface area contributed by atoms with Gasteiger partial charge in [0.1, 0.15) is 5.75 Å². The molecule has 0 radical (unpaired) electrons. The minimum absolute atomic E-state index is 0.0326. The van der Waals surface area contributed by atoms with E-state index in [4.69, 9.17) is 5.11 Å². The van der Waals surface area contributed by atoms with Crippen LogP contribution in [0, 0.1) is 0 Å². The maximum absolute atomic E-state index is 12.0. The van der Waals surface area contributed by atoms with Crippen LogP contribution in [0.4, 0.5) is 13.2 Å². The van der Waals surface area contributed by atoms with Gasteiger partial charge >= 0.3 is 12.3 Å². The smallest absolute Gasteiger partial charge is 0.481 e. The molecule has 21 heavy (non-hydrogen) atoms. The lowest BCUT2D eigenvalue weighted by molar-refractivity contribution is -0.274. The molecule has 1 aromatic rings. The molecule has 1 aromatic carbocycles. The van der Waals surface area contributed by atoms with Crippen LogP contribution in [0.5, 0.6) is 5.75 Å². The molecule has 7 heteroatoms. The summed E-state index contributed by atoms with van der Waals surface area (Å²) in [4.78, 5) is 10.3. The predicted octanol–water partition coefficient (Wildman–Crippen LogP) is 3.49. The maximum atomic E-state index is 12.0. The van der Waals surface area contributed by atoms with Crippen molar-refractivity contribution in [1.29, 1.82) is 0 Å². The van der Waals surface area contributed by atoms with Crippen molar-refractivity contribution in [3.63, 3.8) is 0 Å². The van der Waals surface area contributed by atoms with Crippen LogP contribution in [0.15, 0.2) is 24.3 Å². The van der Waals surface area contributed by atoms with E-state index in [1.807, 2.05) is 6.92 Å². The molecule has 1 atom stereocenters. The summed E-state index contributed by atoms with van der Waals surface area (Å²) in [5.41, 5.74) is 0.836. The Kier molecular flexibility index (Phi) is 6.48. The van der Waals surface area contributed by atoms with Crippen molar-refractivity contribution >= 4 is 5.97 Å². The Balaban J connectivity index is 2.37. The first-order valence-electron chi connectivity index (χ1n) is 6.59. The normalized spacial score (nSPS) is 13.0. The van der Waals surface area contributed by atoms with Crippen LogP contribution in [0.25, 0.3) is 0 Å². The summed E-state index contributed by atoms with van der Waals surface area (Å²) >= 11 is 0. The van der Waals surface area contributed by atoms with Crippen LogP contribution in [-0.2, 0) is 4.79 Å². The van der Waals surface area contributed by atoms with Gasteiger partial charge in [-0.2, -0.15) is 0 Å². The number of hydrogen-bond donors (Lipinski definition) is 2. The fraction of sp³-hybridized carbons (Fsp3) is 0.500. The quantitative estimate of drug-likeness (QED) is 0.722. The number of carboxylic acids is 1. The average Bonchev–Trinajstić information content (AvgIpc) is 2.36. The molecule has 0 aromatic heterocycles. The van der Waals surface area contributed by atoms with Gasteiger partial charge in [0.05, 0.1) is 0 Å². The van der Waals surface area contributed by atoms with Gasteiger partial charge in [0.25, 0.3) is 0 Å². The van der Waals surface area contributed by atoms with Gasteiger partial charge in [-0.05, 0) is 44.0 Å². The fourth-order valence-electron chi connectivity index (χ4n) is 1.80. The first kappa shape index (κ1) is 17.3. The Morgan fingerprint density at radius 3 is 2.43 bits per heavy atom. The van der Waals surface area contributed by atoms with Gasteiger partial charge in [0, 0.05) is 12.5 Å². The molecule has 0 aliphatic rings. The van der Waals surface area contributed by atoms with Crippen molar-refractivity contribution in [2.75, 3.05) is 6.54 Å². The second kappa shape index (κ2) is 7.87. The Morgan fingerprint density at radius 1 is 1.29 bits per heavy atom. The Morgan fingerprint density at radius 2 is 1.90 bits per heavy atom. The van der Waals surface area contributed by atoms with Gasteiger partial charge in [0.2, 0.25) is 0 Å². The molecule has 0 heterocycles. The molecular formula is C14H18F3NO3. The fourth-order valence-corrected chi connectivity index (χ4v) is 1.80. The van der Waals surface area contributed by atoms with E-state index in [2.05, 4.69) is 10.1 Å². The predicted molar refractivity (Wildman–Crippen MR) is 71.0 cm³/mol. The van der Waals surface area contributed by atoms with Crippen molar-refractivity contribution < 1.29 is 27.8 Å². The molecular weight excluding hydrogens is 287 g/mol. The van der Waals surface area contributed by atoms with E-state index in [1.54, 1.807) is 12.1 Å². The summed E-state index contributed by atoms with van der Waals surface area (Å²) in [6.07, 6.45) is -3.23. The van der Waals surface area contributed by atoms with Crippen molar-refractivity contribution in [2.45, 2.75) is 38.6 Å². The molecule has 0 saturated heterocycles. The highest BCUT2D eigenvalue weighted by Gasteiger charge is 2.30. The van der Waals surface area contributed by atoms with Crippen LogP contribution in [-0.4, -0.2) is 24.0 Å². The van der Waals surface area contributed by atoms with Gasteiger partial charge in [-0.1, -0.05) is 12.1 Å². The molecule has 1 rings (SSSR count). The number of alkyl halides is 3. The molecule has 2 N–H and O–H groups in total. The number of carbonyl (C=O) groups is 1. The third kappa shape index (κ3) is 7.55. The number of ether oxygens (including phenoxy) is 1. The Labute approximate surface area is 120 Å². The Bertz CT molecular complexity index is 446. The van der Waals surface area contributed by atoms with E-state index < -0.39 is 12.3 Å². The van der Waals surface area contributed by atoms with E-state index in [0.717, 1.165) is 12.0 Å². The zero-order valence-corrected chi connectivity index (χ0v) is 11.6. The standard InChI is InChI=1S/C14H18F3NO3/c1-10(18-9-3-2-4-13(19)20)11-5-7-12(8-6-11)21-14(15,16)17/h5-8,10,18H,2-4,9H2,1H3,(H,19,20)/t10-/m0/s1. The molecule has 0 fully saturated rings. The van der Waals surface area contributed by atoms with Crippen LogP contribution < -0.4 is 10.1 Å².